The Labute approximate surface area is 231 Å². The van der Waals surface area contributed by atoms with Gasteiger partial charge in [0.1, 0.15) is 18.3 Å². The normalized spacial score (nSPS) is 12.1. The lowest BCUT2D eigenvalue weighted by molar-refractivity contribution is -0.139. The van der Waals surface area contributed by atoms with Gasteiger partial charge in [-0.3, -0.25) is 13.9 Å². The van der Waals surface area contributed by atoms with Crippen LogP contribution in [0.25, 0.3) is 0 Å². The van der Waals surface area contributed by atoms with Gasteiger partial charge in [0.05, 0.1) is 17.7 Å². The molecule has 0 aliphatic heterocycles. The van der Waals surface area contributed by atoms with E-state index in [1.165, 1.54) is 17.0 Å². The molecule has 0 bridgehead atoms. The fourth-order valence-corrected chi connectivity index (χ4v) is 5.41. The quantitative estimate of drug-likeness (QED) is 0.380. The van der Waals surface area contributed by atoms with Crippen molar-refractivity contribution in [2.24, 2.45) is 0 Å². The third kappa shape index (κ3) is 7.60. The van der Waals surface area contributed by atoms with Crippen LogP contribution in [-0.4, -0.2) is 50.9 Å². The van der Waals surface area contributed by atoms with Crippen molar-refractivity contribution in [1.82, 2.24) is 10.2 Å². The predicted molar refractivity (Wildman–Crippen MR) is 153 cm³/mol. The SMILES string of the molecule is COc1ccc(CN(C(=O)CN(c2ccc(C)cc2)S(=O)(=O)c2ccc(C)cc2)[C@@H](C)C(=O)NC(C)C)cc1. The van der Waals surface area contributed by atoms with Gasteiger partial charge >= 0.3 is 0 Å². The molecule has 0 heterocycles. The van der Waals surface area contributed by atoms with Crippen LogP contribution in [0.5, 0.6) is 5.75 Å². The summed E-state index contributed by atoms with van der Waals surface area (Å²) < 4.78 is 34.0. The van der Waals surface area contributed by atoms with Gasteiger partial charge in [-0.15, -0.1) is 0 Å². The lowest BCUT2D eigenvalue weighted by atomic mass is 10.1. The van der Waals surface area contributed by atoms with Gasteiger partial charge < -0.3 is 15.0 Å². The van der Waals surface area contributed by atoms with Crippen molar-refractivity contribution in [2.75, 3.05) is 18.0 Å². The number of hydrogen-bond donors (Lipinski definition) is 1. The monoisotopic (exact) mass is 551 g/mol. The smallest absolute Gasteiger partial charge is 0.264 e. The Kier molecular flexibility index (Phi) is 9.75. The van der Waals surface area contributed by atoms with Crippen molar-refractivity contribution in [3.8, 4) is 5.75 Å². The summed E-state index contributed by atoms with van der Waals surface area (Å²) in [6.45, 7) is 8.74. The summed E-state index contributed by atoms with van der Waals surface area (Å²) in [7, 11) is -2.52. The van der Waals surface area contributed by atoms with Crippen LogP contribution in [0.3, 0.4) is 0 Å². The Bertz CT molecular complexity index is 1370. The van der Waals surface area contributed by atoms with E-state index in [9.17, 15) is 18.0 Å². The van der Waals surface area contributed by atoms with Gasteiger partial charge in [0.25, 0.3) is 10.0 Å². The van der Waals surface area contributed by atoms with E-state index in [0.717, 1.165) is 21.0 Å². The minimum absolute atomic E-state index is 0.0776. The third-order valence-corrected chi connectivity index (χ3v) is 8.11. The van der Waals surface area contributed by atoms with E-state index in [-0.39, 0.29) is 23.4 Å². The molecule has 3 aromatic rings. The number of carbonyl (C=O) groups excluding carboxylic acids is 2. The van der Waals surface area contributed by atoms with Crippen molar-refractivity contribution in [1.29, 1.82) is 0 Å². The van der Waals surface area contributed by atoms with Gasteiger partial charge in [-0.1, -0.05) is 47.5 Å². The largest absolute Gasteiger partial charge is 0.497 e. The van der Waals surface area contributed by atoms with Gasteiger partial charge in [0.15, 0.2) is 0 Å². The van der Waals surface area contributed by atoms with E-state index in [0.29, 0.717) is 11.4 Å². The average Bonchev–Trinajstić information content (AvgIpc) is 2.90. The minimum Gasteiger partial charge on any atom is -0.497 e. The summed E-state index contributed by atoms with van der Waals surface area (Å²) >= 11 is 0. The van der Waals surface area contributed by atoms with Crippen LogP contribution in [0.15, 0.2) is 77.7 Å². The van der Waals surface area contributed by atoms with Gasteiger partial charge in [0.2, 0.25) is 11.8 Å². The van der Waals surface area contributed by atoms with Gasteiger partial charge in [-0.25, -0.2) is 8.42 Å². The fourth-order valence-electron chi connectivity index (χ4n) is 3.99. The topological polar surface area (TPSA) is 96.0 Å². The van der Waals surface area contributed by atoms with Crippen LogP contribution in [0.4, 0.5) is 5.69 Å². The molecule has 0 saturated carbocycles. The van der Waals surface area contributed by atoms with Crippen molar-refractivity contribution < 1.29 is 22.7 Å². The van der Waals surface area contributed by atoms with Crippen LogP contribution < -0.4 is 14.4 Å². The number of nitrogens with one attached hydrogen (secondary N) is 1. The summed E-state index contributed by atoms with van der Waals surface area (Å²) in [5.74, 6) is -0.166. The number of ether oxygens (including phenoxy) is 1. The number of hydrogen-bond acceptors (Lipinski definition) is 5. The van der Waals surface area contributed by atoms with E-state index in [1.54, 1.807) is 62.6 Å². The van der Waals surface area contributed by atoms with Gasteiger partial charge in [-0.05, 0) is 76.6 Å². The van der Waals surface area contributed by atoms with E-state index >= 15 is 0 Å². The molecule has 0 fully saturated rings. The first-order chi connectivity index (χ1) is 18.4. The molecule has 0 radical (unpaired) electrons. The molecule has 39 heavy (non-hydrogen) atoms. The molecule has 8 nitrogen and oxygen atoms in total. The highest BCUT2D eigenvalue weighted by Gasteiger charge is 2.32. The molecule has 0 aliphatic carbocycles. The molecule has 0 saturated heterocycles. The zero-order chi connectivity index (χ0) is 28.7. The number of carbonyl (C=O) groups is 2. The number of amides is 2. The first-order valence-corrected chi connectivity index (χ1v) is 14.2. The Morgan fingerprint density at radius 1 is 0.846 bits per heavy atom. The van der Waals surface area contributed by atoms with Crippen LogP contribution in [-0.2, 0) is 26.2 Å². The Morgan fingerprint density at radius 2 is 1.38 bits per heavy atom. The summed E-state index contributed by atoms with van der Waals surface area (Å²) in [6, 6.07) is 19.7. The number of aryl methyl sites for hydroxylation is 2. The highest BCUT2D eigenvalue weighted by Crippen LogP contribution is 2.25. The Balaban J connectivity index is 2.01. The molecule has 1 N–H and O–H groups in total. The van der Waals surface area contributed by atoms with E-state index in [1.807, 2.05) is 39.8 Å². The van der Waals surface area contributed by atoms with Gasteiger partial charge in [-0.2, -0.15) is 0 Å². The van der Waals surface area contributed by atoms with Crippen LogP contribution >= 0.6 is 0 Å². The molecule has 208 valence electrons. The summed E-state index contributed by atoms with van der Waals surface area (Å²) in [5, 5.41) is 2.85. The first-order valence-electron chi connectivity index (χ1n) is 12.8. The molecule has 0 spiro atoms. The lowest BCUT2D eigenvalue weighted by Gasteiger charge is -2.32. The van der Waals surface area contributed by atoms with Crippen LogP contribution in [0.1, 0.15) is 37.5 Å². The number of anilines is 1. The maximum absolute atomic E-state index is 13.9. The number of methoxy groups -OCH3 is 1. The standard InChI is InChI=1S/C30H37N3O5S/c1-21(2)31-30(35)24(5)32(19-25-11-15-27(38-6)16-12-25)29(34)20-33(26-13-7-22(3)8-14-26)39(36,37)28-17-9-23(4)10-18-28/h7-18,21,24H,19-20H2,1-6H3,(H,31,35)/t24-/m0/s1. The first kappa shape index (κ1) is 29.7. The lowest BCUT2D eigenvalue weighted by Crippen LogP contribution is -2.52. The summed E-state index contributed by atoms with van der Waals surface area (Å²) in [6.07, 6.45) is 0. The zero-order valence-corrected chi connectivity index (χ0v) is 24.2. The molecule has 3 aromatic carbocycles. The number of nitrogens with zero attached hydrogens (tertiary/aromatic N) is 2. The highest BCUT2D eigenvalue weighted by molar-refractivity contribution is 7.92. The third-order valence-electron chi connectivity index (χ3n) is 6.32. The second kappa shape index (κ2) is 12.8. The molecule has 0 aliphatic rings. The van der Waals surface area contributed by atoms with Crippen molar-refractivity contribution in [3.63, 3.8) is 0 Å². The summed E-state index contributed by atoms with van der Waals surface area (Å²) in [4.78, 5) is 28.4. The van der Waals surface area contributed by atoms with Crippen LogP contribution in [0, 0.1) is 13.8 Å². The second-order valence-electron chi connectivity index (χ2n) is 9.87. The van der Waals surface area contributed by atoms with Gasteiger partial charge in [0, 0.05) is 12.6 Å². The molecule has 1 atom stereocenters. The predicted octanol–water partition coefficient (Wildman–Crippen LogP) is 4.45. The number of rotatable bonds is 11. The minimum atomic E-state index is -4.09. The second-order valence-corrected chi connectivity index (χ2v) is 11.7. The molecule has 0 aromatic heterocycles. The number of benzene rings is 3. The fraction of sp³-hybridized carbons (Fsp3) is 0.333. The maximum Gasteiger partial charge on any atom is 0.264 e. The van der Waals surface area contributed by atoms with Crippen molar-refractivity contribution >= 4 is 27.5 Å². The zero-order valence-electron chi connectivity index (χ0n) is 23.3. The van der Waals surface area contributed by atoms with Crippen LogP contribution in [0.2, 0.25) is 0 Å². The number of sulfonamides is 1. The van der Waals surface area contributed by atoms with Crippen molar-refractivity contribution in [2.45, 2.75) is 58.1 Å². The van der Waals surface area contributed by atoms with Crippen molar-refractivity contribution in [3.05, 3.63) is 89.5 Å². The maximum atomic E-state index is 13.9. The molecule has 9 heteroatoms. The van der Waals surface area contributed by atoms with E-state index in [2.05, 4.69) is 5.32 Å². The average molecular weight is 552 g/mol. The molecular formula is C30H37N3O5S. The molecule has 3 rings (SSSR count). The summed E-state index contributed by atoms with van der Waals surface area (Å²) in [5.41, 5.74) is 3.01. The Hall–Kier alpha value is -3.85. The van der Waals surface area contributed by atoms with E-state index in [4.69, 9.17) is 4.74 Å². The van der Waals surface area contributed by atoms with E-state index < -0.39 is 28.5 Å². The Morgan fingerprint density at radius 3 is 1.90 bits per heavy atom. The highest BCUT2D eigenvalue weighted by atomic mass is 32.2. The molecule has 0 unspecified atom stereocenters. The molecular weight excluding hydrogens is 514 g/mol. The molecule has 2 amide bonds.